The van der Waals surface area contributed by atoms with Crippen molar-refractivity contribution in [3.05, 3.63) is 23.8 Å². The second kappa shape index (κ2) is 8.73. The highest BCUT2D eigenvalue weighted by molar-refractivity contribution is 8.14. The molecule has 0 aromatic heterocycles. The molecule has 37 heavy (non-hydrogen) atoms. The minimum Gasteiger partial charge on any atom is -0.465 e. The van der Waals surface area contributed by atoms with Crippen LogP contribution in [0.1, 0.15) is 52.9 Å². The molecule has 4 aliphatic carbocycles. The number of cyclic esters (lactones) is 1. The highest BCUT2D eigenvalue weighted by Crippen LogP contribution is 2.72. The zero-order valence-electron chi connectivity index (χ0n) is 21.1. The summed E-state index contributed by atoms with van der Waals surface area (Å²) < 4.78 is 42.9. The average molecular weight is 539 g/mol. The third-order valence-corrected chi connectivity index (χ3v) is 11.2. The number of fused-ring (bicyclic) bond motifs is 5. The van der Waals surface area contributed by atoms with Gasteiger partial charge in [-0.3, -0.25) is 23.6 Å². The summed E-state index contributed by atoms with van der Waals surface area (Å²) in [6, 6.07) is 0. The third kappa shape index (κ3) is 3.40. The topological polar surface area (TPSA) is 107 Å². The number of hydrogen-bond acceptors (Lipinski definition) is 8. The smallest absolute Gasteiger partial charge is 0.319 e. The molecule has 0 aromatic rings. The van der Waals surface area contributed by atoms with Crippen LogP contribution in [0.15, 0.2) is 23.8 Å². The van der Waals surface area contributed by atoms with Gasteiger partial charge in [0.25, 0.3) is 0 Å². The Kier molecular flexibility index (Phi) is 6.26. The molecule has 4 fully saturated rings. The van der Waals surface area contributed by atoms with E-state index in [1.165, 1.54) is 18.2 Å². The fourth-order valence-electron chi connectivity index (χ4n) is 8.20. The zero-order valence-corrected chi connectivity index (χ0v) is 21.9. The van der Waals surface area contributed by atoms with Gasteiger partial charge in [0, 0.05) is 36.0 Å². The SMILES string of the molecule is CC(=O)O[C@]1(C(=O)SC2CCOC2=O)[C@H](CF)C[C@H]2[C@@H]3CCC4=CC(=O)C=C[C@]4(C)[C@@]3(F)[C@@H](O)C[C@@]21C. The maximum Gasteiger partial charge on any atom is 0.319 e. The van der Waals surface area contributed by atoms with Crippen molar-refractivity contribution < 1.29 is 42.5 Å². The van der Waals surface area contributed by atoms with Crippen molar-refractivity contribution in [3.63, 3.8) is 0 Å². The Balaban J connectivity index is 1.61. The van der Waals surface area contributed by atoms with Crippen LogP contribution < -0.4 is 0 Å². The van der Waals surface area contributed by atoms with E-state index in [0.29, 0.717) is 36.6 Å². The Bertz CT molecular complexity index is 1120. The number of ketones is 1. The number of carbonyl (C=O) groups is 4. The van der Waals surface area contributed by atoms with Gasteiger partial charge >= 0.3 is 11.9 Å². The predicted octanol–water partition coefficient (Wildman–Crippen LogP) is 3.43. The lowest BCUT2D eigenvalue weighted by molar-refractivity contribution is -0.225. The van der Waals surface area contributed by atoms with Gasteiger partial charge in [0.15, 0.2) is 17.1 Å². The Morgan fingerprint density at radius 1 is 1.24 bits per heavy atom. The van der Waals surface area contributed by atoms with Crippen LogP contribution in [0.2, 0.25) is 0 Å². The van der Waals surface area contributed by atoms with Crippen LogP contribution in [-0.2, 0) is 28.7 Å². The summed E-state index contributed by atoms with van der Waals surface area (Å²) in [5, 5.41) is 10.1. The number of allylic oxidation sites excluding steroid dienone is 4. The van der Waals surface area contributed by atoms with Crippen molar-refractivity contribution in [2.24, 2.45) is 28.6 Å². The van der Waals surface area contributed by atoms with Crippen LogP contribution in [0.3, 0.4) is 0 Å². The molecule has 5 rings (SSSR count). The van der Waals surface area contributed by atoms with E-state index in [-0.39, 0.29) is 25.2 Å². The van der Waals surface area contributed by atoms with E-state index in [0.717, 1.165) is 6.92 Å². The highest BCUT2D eigenvalue weighted by atomic mass is 32.2. The molecule has 0 radical (unpaired) electrons. The molecule has 1 N–H and O–H groups in total. The first-order valence-corrected chi connectivity index (χ1v) is 13.7. The highest BCUT2D eigenvalue weighted by Gasteiger charge is 2.78. The maximum absolute atomic E-state index is 17.4. The van der Waals surface area contributed by atoms with Crippen LogP contribution in [0.4, 0.5) is 8.78 Å². The number of aliphatic hydroxyl groups is 1. The van der Waals surface area contributed by atoms with E-state index < -0.39 is 74.9 Å². The third-order valence-electron chi connectivity index (χ3n) is 9.92. The molecule has 1 aliphatic heterocycles. The molecule has 7 nitrogen and oxygen atoms in total. The number of carbonyl (C=O) groups excluding carboxylic acids is 4. The number of esters is 2. The fraction of sp³-hybridized carbons (Fsp3) is 0.704. The first-order valence-electron chi connectivity index (χ1n) is 12.8. The number of thioether (sulfide) groups is 1. The van der Waals surface area contributed by atoms with Gasteiger partial charge in [-0.1, -0.05) is 30.3 Å². The lowest BCUT2D eigenvalue weighted by Crippen LogP contribution is -2.69. The Morgan fingerprint density at radius 2 is 1.97 bits per heavy atom. The molecule has 0 bridgehead atoms. The molecule has 3 saturated carbocycles. The summed E-state index contributed by atoms with van der Waals surface area (Å²) in [6.45, 7) is 3.66. The summed E-state index contributed by atoms with van der Waals surface area (Å²) in [5.74, 6) is -4.01. The Labute approximate surface area is 218 Å². The molecular formula is C27H32F2O7S. The van der Waals surface area contributed by atoms with Crippen molar-refractivity contribution in [1.82, 2.24) is 0 Å². The van der Waals surface area contributed by atoms with E-state index in [1.54, 1.807) is 13.8 Å². The maximum atomic E-state index is 17.4. The van der Waals surface area contributed by atoms with Crippen molar-refractivity contribution >= 4 is 34.6 Å². The molecule has 10 heteroatoms. The van der Waals surface area contributed by atoms with E-state index in [9.17, 15) is 28.7 Å². The summed E-state index contributed by atoms with van der Waals surface area (Å²) in [5.41, 5.74) is -6.07. The number of halogens is 2. The molecular weight excluding hydrogens is 506 g/mol. The quantitative estimate of drug-likeness (QED) is 0.543. The van der Waals surface area contributed by atoms with Crippen molar-refractivity contribution in [2.75, 3.05) is 13.3 Å². The van der Waals surface area contributed by atoms with Crippen molar-refractivity contribution in [3.8, 4) is 0 Å². The summed E-state index contributed by atoms with van der Waals surface area (Å²) in [4.78, 5) is 50.6. The van der Waals surface area contributed by atoms with Gasteiger partial charge in [0.1, 0.15) is 5.25 Å². The number of hydrogen-bond donors (Lipinski definition) is 1. The fourth-order valence-corrected chi connectivity index (χ4v) is 9.45. The molecule has 0 amide bonds. The number of rotatable bonds is 4. The second-order valence-electron chi connectivity index (χ2n) is 11.5. The van der Waals surface area contributed by atoms with Gasteiger partial charge in [-0.15, -0.1) is 0 Å². The number of aliphatic hydroxyl groups excluding tert-OH is 1. The van der Waals surface area contributed by atoms with E-state index >= 15 is 4.39 Å². The minimum absolute atomic E-state index is 0.0858. The van der Waals surface area contributed by atoms with Gasteiger partial charge in [-0.05, 0) is 50.7 Å². The second-order valence-corrected chi connectivity index (χ2v) is 12.7. The summed E-state index contributed by atoms with van der Waals surface area (Å²) in [7, 11) is 0. The van der Waals surface area contributed by atoms with Gasteiger partial charge in [0.05, 0.1) is 19.4 Å². The lowest BCUT2D eigenvalue weighted by atomic mass is 9.45. The minimum atomic E-state index is -2.17. The van der Waals surface area contributed by atoms with Crippen molar-refractivity contribution in [2.45, 2.75) is 75.5 Å². The van der Waals surface area contributed by atoms with E-state index in [1.807, 2.05) is 0 Å². The van der Waals surface area contributed by atoms with Gasteiger partial charge in [-0.25, -0.2) is 4.39 Å². The van der Waals surface area contributed by atoms with Crippen LogP contribution in [0.25, 0.3) is 0 Å². The lowest BCUT2D eigenvalue weighted by Gasteiger charge is -2.62. The van der Waals surface area contributed by atoms with Crippen LogP contribution in [-0.4, -0.2) is 63.8 Å². The molecule has 1 heterocycles. The Hall–Kier alpha value is -2.07. The molecule has 1 unspecified atom stereocenters. The van der Waals surface area contributed by atoms with Gasteiger partial charge in [0.2, 0.25) is 5.12 Å². The van der Waals surface area contributed by atoms with E-state index in [2.05, 4.69) is 0 Å². The summed E-state index contributed by atoms with van der Waals surface area (Å²) in [6.07, 6.45) is 3.54. The zero-order chi connectivity index (χ0) is 27.0. The molecule has 1 saturated heterocycles. The molecule has 0 aromatic carbocycles. The number of ether oxygens (including phenoxy) is 2. The van der Waals surface area contributed by atoms with Gasteiger partial charge < -0.3 is 14.6 Å². The van der Waals surface area contributed by atoms with Crippen LogP contribution >= 0.6 is 11.8 Å². The largest absolute Gasteiger partial charge is 0.465 e. The molecule has 0 spiro atoms. The molecule has 9 atom stereocenters. The van der Waals surface area contributed by atoms with Gasteiger partial charge in [-0.2, -0.15) is 0 Å². The molecule has 5 aliphatic rings. The van der Waals surface area contributed by atoms with E-state index in [4.69, 9.17) is 9.47 Å². The molecule has 202 valence electrons. The van der Waals surface area contributed by atoms with Crippen LogP contribution in [0, 0.1) is 28.6 Å². The Morgan fingerprint density at radius 3 is 2.59 bits per heavy atom. The normalized spacial score (nSPS) is 46.4. The predicted molar refractivity (Wildman–Crippen MR) is 130 cm³/mol. The average Bonchev–Trinajstić information content (AvgIpc) is 3.33. The van der Waals surface area contributed by atoms with Crippen molar-refractivity contribution in [1.29, 1.82) is 0 Å². The number of alkyl halides is 2. The van der Waals surface area contributed by atoms with Crippen LogP contribution in [0.5, 0.6) is 0 Å². The monoisotopic (exact) mass is 538 g/mol. The standard InChI is InChI=1S/C27H32F2O7S/c1-14(30)36-27(23(34)37-20-7-9-35-22(20)33)16(13-28)11-19-18-5-4-15-10-17(31)6-8-24(15,2)26(18,29)21(32)12-25(19,27)3/h6,8,10,16,18-21,32H,4-5,7,9,11-13H2,1-3H3/t16-,18-,19-,20?,21-,24-,25-,26-,27-/m0/s1. The first kappa shape index (κ1) is 26.5. The summed E-state index contributed by atoms with van der Waals surface area (Å²) >= 11 is 0.684. The first-order chi connectivity index (χ1) is 17.3.